The first-order chi connectivity index (χ1) is 9.62. The molecule has 0 aliphatic carbocycles. The fourth-order valence-electron chi connectivity index (χ4n) is 2.08. The number of nitrogens with two attached hydrogens (primary N) is 1. The molecule has 2 heterocycles. The quantitative estimate of drug-likeness (QED) is 0.708. The molecule has 1 aliphatic rings. The van der Waals surface area contributed by atoms with Crippen molar-refractivity contribution in [1.82, 2.24) is 25.2 Å². The van der Waals surface area contributed by atoms with Crippen molar-refractivity contribution in [2.45, 2.75) is 25.6 Å². The molecule has 110 valence electrons. The van der Waals surface area contributed by atoms with E-state index in [9.17, 15) is 9.59 Å². The van der Waals surface area contributed by atoms with E-state index in [1.165, 1.54) is 11.8 Å². The number of carbonyl (C=O) groups is 2. The molecule has 1 saturated heterocycles. The highest BCUT2D eigenvalue weighted by Crippen LogP contribution is 2.10. The number of amides is 2. The number of hydrogen-bond acceptors (Lipinski definition) is 6. The normalized spacial score (nSPS) is 18.1. The lowest BCUT2D eigenvalue weighted by atomic mass is 10.3. The van der Waals surface area contributed by atoms with Crippen molar-refractivity contribution >= 4 is 12.0 Å². The van der Waals surface area contributed by atoms with E-state index in [0.29, 0.717) is 31.7 Å². The number of likely N-dealkylation sites (tertiary alicyclic amines) is 1. The maximum Gasteiger partial charge on any atom is 0.407 e. The van der Waals surface area contributed by atoms with Crippen LogP contribution in [0.1, 0.15) is 12.1 Å². The fourth-order valence-corrected chi connectivity index (χ4v) is 2.08. The van der Waals surface area contributed by atoms with Crippen molar-refractivity contribution in [3.8, 4) is 0 Å². The van der Waals surface area contributed by atoms with E-state index < -0.39 is 6.09 Å². The predicted octanol–water partition coefficient (Wildman–Crippen LogP) is -1.31. The number of rotatable bonds is 4. The molecule has 1 atom stereocenters. The molecule has 1 unspecified atom stereocenters. The zero-order valence-corrected chi connectivity index (χ0v) is 11.3. The van der Waals surface area contributed by atoms with Crippen LogP contribution < -0.4 is 11.1 Å². The van der Waals surface area contributed by atoms with Gasteiger partial charge in [-0.05, 0) is 6.42 Å². The highest BCUT2D eigenvalue weighted by molar-refractivity contribution is 5.76. The van der Waals surface area contributed by atoms with Gasteiger partial charge >= 0.3 is 6.09 Å². The molecule has 2 rings (SSSR count). The van der Waals surface area contributed by atoms with Crippen molar-refractivity contribution < 1.29 is 14.3 Å². The van der Waals surface area contributed by atoms with Gasteiger partial charge in [0.15, 0.2) is 0 Å². The fraction of sp³-hybridized carbons (Fsp3) is 0.636. The summed E-state index contributed by atoms with van der Waals surface area (Å²) in [7, 11) is 1.31. The molecule has 20 heavy (non-hydrogen) atoms. The molecule has 9 heteroatoms. The van der Waals surface area contributed by atoms with Crippen LogP contribution in [0.4, 0.5) is 4.79 Å². The molecular formula is C11H18N6O3. The Morgan fingerprint density at radius 2 is 2.40 bits per heavy atom. The van der Waals surface area contributed by atoms with E-state index >= 15 is 0 Å². The first kappa shape index (κ1) is 14.3. The summed E-state index contributed by atoms with van der Waals surface area (Å²) in [5, 5.41) is 10.3. The Balaban J connectivity index is 1.83. The maximum atomic E-state index is 12.1. The summed E-state index contributed by atoms with van der Waals surface area (Å²) < 4.78 is 5.99. The van der Waals surface area contributed by atoms with Crippen LogP contribution in [0.2, 0.25) is 0 Å². The lowest BCUT2D eigenvalue weighted by Crippen LogP contribution is -2.39. The number of nitrogens with one attached hydrogen (secondary N) is 1. The number of alkyl carbamates (subject to hydrolysis) is 1. The zero-order valence-electron chi connectivity index (χ0n) is 11.3. The van der Waals surface area contributed by atoms with Gasteiger partial charge in [0.05, 0.1) is 25.0 Å². The average molecular weight is 282 g/mol. The van der Waals surface area contributed by atoms with Crippen molar-refractivity contribution in [2.24, 2.45) is 5.73 Å². The van der Waals surface area contributed by atoms with Gasteiger partial charge in [0.25, 0.3) is 0 Å². The van der Waals surface area contributed by atoms with E-state index in [0.717, 1.165) is 0 Å². The Bertz CT molecular complexity index is 488. The summed E-state index contributed by atoms with van der Waals surface area (Å²) in [6.07, 6.45) is 1.89. The minimum absolute atomic E-state index is 0.0624. The Hall–Kier alpha value is -2.16. The summed E-state index contributed by atoms with van der Waals surface area (Å²) in [6.45, 7) is 1.50. The molecule has 0 aromatic carbocycles. The van der Waals surface area contributed by atoms with Gasteiger partial charge in [-0.15, -0.1) is 5.10 Å². The summed E-state index contributed by atoms with van der Waals surface area (Å²) >= 11 is 0. The molecule has 0 saturated carbocycles. The summed E-state index contributed by atoms with van der Waals surface area (Å²) in [4.78, 5) is 24.9. The zero-order chi connectivity index (χ0) is 14.5. The lowest BCUT2D eigenvalue weighted by molar-refractivity contribution is -0.131. The van der Waals surface area contributed by atoms with Crippen molar-refractivity contribution in [3.63, 3.8) is 0 Å². The number of hydrogen-bond donors (Lipinski definition) is 2. The van der Waals surface area contributed by atoms with E-state index in [4.69, 9.17) is 5.73 Å². The minimum atomic E-state index is -0.479. The highest BCUT2D eigenvalue weighted by atomic mass is 16.5. The van der Waals surface area contributed by atoms with Gasteiger partial charge in [0.2, 0.25) is 5.91 Å². The van der Waals surface area contributed by atoms with Crippen LogP contribution in [0, 0.1) is 0 Å². The topological polar surface area (TPSA) is 115 Å². The average Bonchev–Trinajstić information content (AvgIpc) is 3.07. The third kappa shape index (κ3) is 3.44. The van der Waals surface area contributed by atoms with Crippen LogP contribution in [-0.4, -0.2) is 58.1 Å². The van der Waals surface area contributed by atoms with Gasteiger partial charge in [-0.3, -0.25) is 4.79 Å². The predicted molar refractivity (Wildman–Crippen MR) is 68.4 cm³/mol. The number of ether oxygens (including phenoxy) is 1. The lowest BCUT2D eigenvalue weighted by Gasteiger charge is -2.16. The summed E-state index contributed by atoms with van der Waals surface area (Å²) in [6, 6.07) is -0.0678. The SMILES string of the molecule is COC(=O)NC1CCN(C(=O)Cn2cc(CN)nn2)C1. The number of nitrogens with zero attached hydrogens (tertiary/aromatic N) is 4. The number of aromatic nitrogens is 3. The molecule has 1 aromatic rings. The molecular weight excluding hydrogens is 264 g/mol. The number of carbonyl (C=O) groups excluding carboxylic acids is 2. The molecule has 0 radical (unpaired) electrons. The first-order valence-corrected chi connectivity index (χ1v) is 6.33. The second kappa shape index (κ2) is 6.33. The van der Waals surface area contributed by atoms with Gasteiger partial charge in [0.1, 0.15) is 6.54 Å². The Morgan fingerprint density at radius 3 is 3.05 bits per heavy atom. The van der Waals surface area contributed by atoms with Gasteiger partial charge in [-0.2, -0.15) is 0 Å². The molecule has 2 amide bonds. The first-order valence-electron chi connectivity index (χ1n) is 6.33. The largest absolute Gasteiger partial charge is 0.453 e. The summed E-state index contributed by atoms with van der Waals surface area (Å²) in [5.74, 6) is -0.0624. The molecule has 0 bridgehead atoms. The third-order valence-corrected chi connectivity index (χ3v) is 3.14. The Morgan fingerprint density at radius 1 is 1.60 bits per heavy atom. The molecule has 0 spiro atoms. The number of methoxy groups -OCH3 is 1. The van der Waals surface area contributed by atoms with Gasteiger partial charge in [-0.25, -0.2) is 9.48 Å². The van der Waals surface area contributed by atoms with Crippen LogP contribution in [0.5, 0.6) is 0 Å². The van der Waals surface area contributed by atoms with E-state index in [1.54, 1.807) is 11.1 Å². The highest BCUT2D eigenvalue weighted by Gasteiger charge is 2.27. The van der Waals surface area contributed by atoms with Crippen LogP contribution >= 0.6 is 0 Å². The van der Waals surface area contributed by atoms with Crippen LogP contribution in [-0.2, 0) is 22.6 Å². The Kier molecular flexibility index (Phi) is 4.51. The van der Waals surface area contributed by atoms with Crippen molar-refractivity contribution in [3.05, 3.63) is 11.9 Å². The molecule has 1 aromatic heterocycles. The molecule has 1 aliphatic heterocycles. The molecule has 3 N–H and O–H groups in total. The van der Waals surface area contributed by atoms with Gasteiger partial charge < -0.3 is 20.7 Å². The summed E-state index contributed by atoms with van der Waals surface area (Å²) in [5.41, 5.74) is 6.07. The third-order valence-electron chi connectivity index (χ3n) is 3.14. The van der Waals surface area contributed by atoms with Gasteiger partial charge in [0, 0.05) is 19.6 Å². The standard InChI is InChI=1S/C11H18N6O3/c1-20-11(19)13-8-2-3-16(5-8)10(18)7-17-6-9(4-12)14-15-17/h6,8H,2-5,7,12H2,1H3,(H,13,19). The van der Waals surface area contributed by atoms with E-state index in [1.807, 2.05) is 0 Å². The smallest absolute Gasteiger partial charge is 0.407 e. The van der Waals surface area contributed by atoms with Crippen molar-refractivity contribution in [1.29, 1.82) is 0 Å². The second-order valence-electron chi connectivity index (χ2n) is 4.57. The molecule has 9 nitrogen and oxygen atoms in total. The minimum Gasteiger partial charge on any atom is -0.453 e. The Labute approximate surface area is 116 Å². The van der Waals surface area contributed by atoms with Gasteiger partial charge in [-0.1, -0.05) is 5.21 Å². The van der Waals surface area contributed by atoms with Crippen LogP contribution in [0.3, 0.4) is 0 Å². The van der Waals surface area contributed by atoms with Crippen LogP contribution in [0.25, 0.3) is 0 Å². The van der Waals surface area contributed by atoms with E-state index in [-0.39, 0.29) is 18.5 Å². The van der Waals surface area contributed by atoms with E-state index in [2.05, 4.69) is 20.4 Å². The van der Waals surface area contributed by atoms with Crippen LogP contribution in [0.15, 0.2) is 6.20 Å². The van der Waals surface area contributed by atoms with Crippen molar-refractivity contribution in [2.75, 3.05) is 20.2 Å². The second-order valence-corrected chi connectivity index (χ2v) is 4.57. The monoisotopic (exact) mass is 282 g/mol. The maximum absolute atomic E-state index is 12.1. The molecule has 1 fully saturated rings.